The largest absolute Gasteiger partial charge is 0.456 e. The van der Waals surface area contributed by atoms with Crippen LogP contribution in [0.5, 0.6) is 0 Å². The molecule has 3 aliphatic carbocycles. The molecule has 18 aromatic carbocycles. The van der Waals surface area contributed by atoms with Crippen LogP contribution in [0, 0.1) is 0 Å². The van der Waals surface area contributed by atoms with Crippen molar-refractivity contribution < 1.29 is 13.3 Å². The molecule has 0 N–H and O–H groups in total. The van der Waals surface area contributed by atoms with E-state index >= 15 is 0 Å². The van der Waals surface area contributed by atoms with E-state index in [1.54, 1.807) is 0 Å². The zero-order chi connectivity index (χ0) is 92.5. The first kappa shape index (κ1) is 82.3. The zero-order valence-electron chi connectivity index (χ0n) is 76.6. The number of aromatic nitrogens is 9. The molecule has 0 atom stereocenters. The zero-order valence-corrected chi connectivity index (χ0v) is 76.6. The lowest BCUT2D eigenvalue weighted by atomic mass is 9.82. The summed E-state index contributed by atoms with van der Waals surface area (Å²) in [7, 11) is 0. The van der Waals surface area contributed by atoms with E-state index in [0.717, 1.165) is 133 Å². The highest BCUT2D eigenvalue weighted by Gasteiger charge is 2.41. The molecule has 3 aliphatic rings. The van der Waals surface area contributed by atoms with Crippen LogP contribution in [0.25, 0.3) is 235 Å². The number of hydrogen-bond acceptors (Lipinski definition) is 12. The van der Waals surface area contributed by atoms with Crippen LogP contribution in [0.1, 0.15) is 74.9 Å². The molecule has 27 rings (SSSR count). The first-order chi connectivity index (χ1) is 67.7. The van der Waals surface area contributed by atoms with Crippen molar-refractivity contribution in [3.63, 3.8) is 0 Å². The fourth-order valence-electron chi connectivity index (χ4n) is 21.1. The first-order valence-electron chi connectivity index (χ1n) is 46.9. The van der Waals surface area contributed by atoms with Gasteiger partial charge in [-0.15, -0.1) is 0 Å². The van der Waals surface area contributed by atoms with Crippen LogP contribution in [0.15, 0.2) is 432 Å². The second-order valence-corrected chi connectivity index (χ2v) is 37.3. The quantitative estimate of drug-likeness (QED) is 0.114. The Bertz CT molecular complexity index is 8690. The Labute approximate surface area is 797 Å². The lowest BCUT2D eigenvalue weighted by Crippen LogP contribution is -2.14. The van der Waals surface area contributed by atoms with E-state index in [2.05, 4.69) is 278 Å². The Morgan fingerprint density at radius 1 is 0.159 bits per heavy atom. The summed E-state index contributed by atoms with van der Waals surface area (Å²) in [6, 6.07) is 145. The Balaban J connectivity index is 0.000000110. The van der Waals surface area contributed by atoms with Crippen molar-refractivity contribution in [1.82, 2.24) is 44.9 Å². The molecule has 0 amide bonds. The maximum absolute atomic E-state index is 6.70. The summed E-state index contributed by atoms with van der Waals surface area (Å²) in [5, 5.41) is 6.96. The number of benzene rings is 18. The van der Waals surface area contributed by atoms with Crippen LogP contribution in [-0.4, -0.2) is 44.9 Å². The summed E-state index contributed by atoms with van der Waals surface area (Å²) in [6.45, 7) is 13.9. The molecule has 6 aromatic heterocycles. The lowest BCUT2D eigenvalue weighted by Gasteiger charge is -2.21. The van der Waals surface area contributed by atoms with Crippen LogP contribution in [0.4, 0.5) is 0 Å². The summed E-state index contributed by atoms with van der Waals surface area (Å²) in [5.74, 6) is 5.81. The average molecular weight is 1780 g/mol. The first-order valence-corrected chi connectivity index (χ1v) is 46.9. The maximum Gasteiger partial charge on any atom is 0.164 e. The van der Waals surface area contributed by atoms with E-state index < -0.39 is 0 Å². The normalized spacial score (nSPS) is 13.2. The molecule has 0 bridgehead atoms. The molecule has 12 nitrogen and oxygen atoms in total. The van der Waals surface area contributed by atoms with Gasteiger partial charge in [-0.3, -0.25) is 0 Å². The van der Waals surface area contributed by atoms with Gasteiger partial charge in [-0.1, -0.05) is 424 Å². The maximum atomic E-state index is 6.70. The smallest absolute Gasteiger partial charge is 0.164 e. The molecular weight excluding hydrogens is 1690 g/mol. The molecule has 138 heavy (non-hydrogen) atoms. The van der Waals surface area contributed by atoms with Crippen molar-refractivity contribution in [2.75, 3.05) is 0 Å². The Morgan fingerprint density at radius 2 is 0.406 bits per heavy atom. The second-order valence-electron chi connectivity index (χ2n) is 37.3. The molecule has 24 aromatic rings. The molecule has 0 saturated carbocycles. The standard InChI is InChI=1S/3C42H29N3O/c1-42(2)33-22-10-9-19-31(33)36-34(42)23-24-35-37(36)32-21-12-20-30(38(32)46-35)28-17-11-18-29(25-28)41-44-39(26-13-5-3-6-14-26)43-40(45-41)27-15-7-4-8-16-27;1-42(2)33-19-10-9-16-31(33)36-34(42)24-25-35-37(36)32-18-11-17-30(38(32)46-35)26-20-22-29(23-21-26)41-44-39(27-12-5-3-6-13-27)43-40(45-41)28-14-7-4-8-15-28;1-42(2)33-16-10-9-15-31(33)37-34(42)22-24-36-38(37)32-25-30(21-23-35(32)46-36)26-17-19-29(20-18-26)41-44-39(27-11-5-3-6-12-27)43-40(45-41)28-13-7-4-8-14-28/h3*3-25H,1-2H3. The molecule has 12 heteroatoms. The van der Waals surface area contributed by atoms with E-state index in [1.807, 2.05) is 182 Å². The number of para-hydroxylation sites is 2. The van der Waals surface area contributed by atoms with Crippen LogP contribution >= 0.6 is 0 Å². The van der Waals surface area contributed by atoms with E-state index in [9.17, 15) is 0 Å². The van der Waals surface area contributed by atoms with E-state index in [4.69, 9.17) is 58.1 Å². The predicted molar refractivity (Wildman–Crippen MR) is 559 cm³/mol. The molecule has 0 fully saturated rings. The summed E-state index contributed by atoms with van der Waals surface area (Å²) in [6.07, 6.45) is 0. The fourth-order valence-corrected chi connectivity index (χ4v) is 21.1. The minimum absolute atomic E-state index is 0.0626. The molecule has 0 spiro atoms. The predicted octanol–water partition coefficient (Wildman–Crippen LogP) is 32.2. The third-order valence-corrected chi connectivity index (χ3v) is 28.1. The average Bonchev–Trinajstić information content (AvgIpc) is 1.55. The molecule has 0 saturated heterocycles. The van der Waals surface area contributed by atoms with Crippen LogP contribution in [0.2, 0.25) is 0 Å². The highest BCUT2D eigenvalue weighted by atomic mass is 16.3. The monoisotopic (exact) mass is 1770 g/mol. The van der Waals surface area contributed by atoms with Gasteiger partial charge in [0.15, 0.2) is 52.4 Å². The number of fused-ring (bicyclic) bond motifs is 21. The van der Waals surface area contributed by atoms with Gasteiger partial charge in [0.05, 0.1) is 0 Å². The Morgan fingerprint density at radius 3 is 0.761 bits per heavy atom. The van der Waals surface area contributed by atoms with Gasteiger partial charge in [0, 0.05) is 110 Å². The van der Waals surface area contributed by atoms with Gasteiger partial charge >= 0.3 is 0 Å². The number of rotatable bonds is 12. The van der Waals surface area contributed by atoms with Crippen molar-refractivity contribution in [3.05, 3.63) is 452 Å². The Kier molecular flexibility index (Phi) is 19.6. The number of furan rings is 3. The minimum Gasteiger partial charge on any atom is -0.456 e. The van der Waals surface area contributed by atoms with Crippen LogP contribution in [0.3, 0.4) is 0 Å². The van der Waals surface area contributed by atoms with E-state index in [0.29, 0.717) is 52.4 Å². The van der Waals surface area contributed by atoms with Crippen molar-refractivity contribution >= 4 is 65.8 Å². The summed E-state index contributed by atoms with van der Waals surface area (Å²) < 4.78 is 19.8. The van der Waals surface area contributed by atoms with Gasteiger partial charge in [0.25, 0.3) is 0 Å². The number of hydrogen-bond donors (Lipinski definition) is 0. The molecular formula is C126H87N9O3. The highest BCUT2D eigenvalue weighted by molar-refractivity contribution is 6.20. The topological polar surface area (TPSA) is 155 Å². The van der Waals surface area contributed by atoms with Crippen molar-refractivity contribution in [3.8, 4) is 169 Å². The van der Waals surface area contributed by atoms with Gasteiger partial charge < -0.3 is 13.3 Å². The van der Waals surface area contributed by atoms with Crippen molar-refractivity contribution in [2.24, 2.45) is 0 Å². The van der Waals surface area contributed by atoms with Crippen LogP contribution < -0.4 is 0 Å². The van der Waals surface area contributed by atoms with Crippen molar-refractivity contribution in [1.29, 1.82) is 0 Å². The van der Waals surface area contributed by atoms with Gasteiger partial charge in [0.2, 0.25) is 0 Å². The molecule has 0 aliphatic heterocycles. The van der Waals surface area contributed by atoms with E-state index in [-0.39, 0.29) is 16.2 Å². The van der Waals surface area contributed by atoms with Gasteiger partial charge in [-0.05, 0) is 125 Å². The molecule has 6 heterocycles. The van der Waals surface area contributed by atoms with Gasteiger partial charge in [0.1, 0.15) is 33.5 Å². The van der Waals surface area contributed by atoms with Gasteiger partial charge in [-0.25, -0.2) is 44.9 Å². The lowest BCUT2D eigenvalue weighted by molar-refractivity contribution is 0.656. The summed E-state index contributed by atoms with van der Waals surface area (Å²) in [4.78, 5) is 44.0. The molecule has 654 valence electrons. The SMILES string of the molecule is CC1(C)c2ccccc2-c2c1ccc1oc3c(-c4ccc(-c5nc(-c6ccccc6)nc(-c6ccccc6)n5)cc4)cccc3c21.CC1(C)c2ccccc2-c2c1ccc1oc3c(-c4cccc(-c5nc(-c6ccccc6)nc(-c6ccccc6)n5)c4)cccc3c21.CC1(C)c2ccccc2-c2c1ccc1oc3ccc(-c4ccc(-c5nc(-c6ccccc6)nc(-c6ccccc6)n5)cc4)cc3c21. The van der Waals surface area contributed by atoms with Crippen molar-refractivity contribution in [2.45, 2.75) is 57.8 Å². The minimum atomic E-state index is -0.0720. The second kappa shape index (κ2) is 32.9. The van der Waals surface area contributed by atoms with Crippen LogP contribution in [-0.2, 0) is 16.2 Å². The van der Waals surface area contributed by atoms with Gasteiger partial charge in [-0.2, -0.15) is 0 Å². The third kappa shape index (κ3) is 14.0. The third-order valence-electron chi connectivity index (χ3n) is 28.1. The highest BCUT2D eigenvalue weighted by Crippen LogP contribution is 2.58. The number of nitrogens with zero attached hydrogens (tertiary/aromatic N) is 9. The molecule has 0 unspecified atom stereocenters. The molecule has 0 radical (unpaired) electrons. The van der Waals surface area contributed by atoms with E-state index in [1.165, 1.54) is 82.9 Å². The summed E-state index contributed by atoms with van der Waals surface area (Å²) in [5.41, 5.74) is 36.1. The summed E-state index contributed by atoms with van der Waals surface area (Å²) >= 11 is 0. The Hall–Kier alpha value is -17.6. The fraction of sp³-hybridized carbons (Fsp3) is 0.0714.